The smallest absolute Gasteiger partial charge is 0.428 e. The summed E-state index contributed by atoms with van der Waals surface area (Å²) in [4.78, 5) is 0. The maximum absolute atomic E-state index is 5.87. The van der Waals surface area contributed by atoms with Crippen molar-refractivity contribution < 1.29 is 12.3 Å². The Labute approximate surface area is 88.6 Å². The fraction of sp³-hybridized carbons (Fsp3) is 1.00. The fourth-order valence-corrected chi connectivity index (χ4v) is 8.44. The molecule has 0 heterocycles. The van der Waals surface area contributed by atoms with E-state index in [1.165, 1.54) is 0 Å². The van der Waals surface area contributed by atoms with Gasteiger partial charge >= 0.3 is 9.53 Å². The second kappa shape index (κ2) is 5.01. The van der Waals surface area contributed by atoms with E-state index in [4.69, 9.17) is 12.3 Å². The summed E-state index contributed by atoms with van der Waals surface area (Å²) in [5.74, 6) is 0. The molecule has 0 spiro atoms. The van der Waals surface area contributed by atoms with E-state index in [1.807, 2.05) is 0 Å². The zero-order chi connectivity index (χ0) is 10.7. The minimum atomic E-state index is -1.78. The molecule has 0 rings (SSSR count). The SMILES string of the molecule is C[Si](C)(C)O[SiH](O[SiH3])O[Si](C)(C)C. The van der Waals surface area contributed by atoms with Crippen LogP contribution in [0.15, 0.2) is 0 Å². The zero-order valence-corrected chi connectivity index (χ0v) is 15.0. The minimum absolute atomic E-state index is 0.715. The first kappa shape index (κ1) is 13.7. The first-order chi connectivity index (χ1) is 5.64. The van der Waals surface area contributed by atoms with Crippen molar-refractivity contribution in [1.82, 2.24) is 0 Å². The van der Waals surface area contributed by atoms with Gasteiger partial charge < -0.3 is 12.3 Å². The van der Waals surface area contributed by atoms with Crippen LogP contribution in [-0.4, -0.2) is 36.6 Å². The van der Waals surface area contributed by atoms with Gasteiger partial charge in [-0.25, -0.2) is 0 Å². The maximum atomic E-state index is 5.87. The molecule has 7 heteroatoms. The Balaban J connectivity index is 4.05. The third-order valence-electron chi connectivity index (χ3n) is 1.09. The van der Waals surface area contributed by atoms with Crippen molar-refractivity contribution in [2.45, 2.75) is 39.3 Å². The summed E-state index contributed by atoms with van der Waals surface area (Å²) in [6, 6.07) is 0. The molecule has 0 aromatic rings. The van der Waals surface area contributed by atoms with Crippen LogP contribution in [-0.2, 0) is 12.3 Å². The molecule has 0 atom stereocenters. The molecule has 0 N–H and O–H groups in total. The fourth-order valence-electron chi connectivity index (χ4n) is 0.698. The van der Waals surface area contributed by atoms with Crippen molar-refractivity contribution in [1.29, 1.82) is 0 Å². The van der Waals surface area contributed by atoms with Crippen LogP contribution in [0.1, 0.15) is 0 Å². The third kappa shape index (κ3) is 9.06. The molecule has 0 saturated carbocycles. The van der Waals surface area contributed by atoms with E-state index >= 15 is 0 Å². The van der Waals surface area contributed by atoms with Gasteiger partial charge in [0.25, 0.3) is 0 Å². The highest BCUT2D eigenvalue weighted by Crippen LogP contribution is 2.11. The van der Waals surface area contributed by atoms with Crippen LogP contribution in [0.3, 0.4) is 0 Å². The quantitative estimate of drug-likeness (QED) is 0.676. The molecule has 0 aromatic carbocycles. The van der Waals surface area contributed by atoms with Gasteiger partial charge in [0.1, 0.15) is 10.5 Å². The van der Waals surface area contributed by atoms with Gasteiger partial charge in [0.15, 0.2) is 16.6 Å². The van der Waals surface area contributed by atoms with Gasteiger partial charge in [-0.3, -0.25) is 0 Å². The van der Waals surface area contributed by atoms with E-state index in [1.54, 1.807) is 0 Å². The number of rotatable bonds is 5. The normalized spacial score (nSPS) is 14.1. The Morgan fingerprint density at radius 1 is 0.846 bits per heavy atom. The Hall–Kier alpha value is 0.748. The summed E-state index contributed by atoms with van der Waals surface area (Å²) in [6.07, 6.45) is 0. The van der Waals surface area contributed by atoms with Crippen LogP contribution in [0.25, 0.3) is 0 Å². The molecule has 0 unspecified atom stereocenters. The molecule has 0 fully saturated rings. The average molecular weight is 255 g/mol. The van der Waals surface area contributed by atoms with Gasteiger partial charge in [0.05, 0.1) is 0 Å². The van der Waals surface area contributed by atoms with E-state index in [-0.39, 0.29) is 0 Å². The molecule has 0 amide bonds. The largest absolute Gasteiger partial charge is 0.452 e. The molecular formula is C6H22O3Si4. The number of hydrogen-bond acceptors (Lipinski definition) is 3. The topological polar surface area (TPSA) is 27.7 Å². The molecule has 0 aliphatic carbocycles. The van der Waals surface area contributed by atoms with Gasteiger partial charge in [-0.2, -0.15) is 0 Å². The Morgan fingerprint density at radius 3 is 1.31 bits per heavy atom. The highest BCUT2D eigenvalue weighted by atomic mass is 28.5. The van der Waals surface area contributed by atoms with E-state index < -0.39 is 26.2 Å². The summed E-state index contributed by atoms with van der Waals surface area (Å²) in [6.45, 7) is 13.0. The Morgan fingerprint density at radius 2 is 1.15 bits per heavy atom. The predicted octanol–water partition coefficient (Wildman–Crippen LogP) is 0.704. The monoisotopic (exact) mass is 254 g/mol. The van der Waals surface area contributed by atoms with Crippen molar-refractivity contribution in [3.63, 3.8) is 0 Å². The van der Waals surface area contributed by atoms with Gasteiger partial charge in [-0.05, 0) is 39.3 Å². The van der Waals surface area contributed by atoms with E-state index in [9.17, 15) is 0 Å². The summed E-state index contributed by atoms with van der Waals surface area (Å²) < 4.78 is 17.1. The summed E-state index contributed by atoms with van der Waals surface area (Å²) >= 11 is 0. The van der Waals surface area contributed by atoms with E-state index in [0.717, 1.165) is 0 Å². The van der Waals surface area contributed by atoms with Crippen molar-refractivity contribution in [3.05, 3.63) is 0 Å². The molecule has 3 nitrogen and oxygen atoms in total. The highest BCUT2D eigenvalue weighted by molar-refractivity contribution is 6.80. The molecule has 0 aromatic heterocycles. The van der Waals surface area contributed by atoms with Gasteiger partial charge in [-0.1, -0.05) is 0 Å². The molecule has 0 saturated heterocycles. The lowest BCUT2D eigenvalue weighted by Gasteiger charge is -2.29. The van der Waals surface area contributed by atoms with Crippen molar-refractivity contribution in [2.75, 3.05) is 0 Å². The van der Waals surface area contributed by atoms with E-state index in [2.05, 4.69) is 39.3 Å². The van der Waals surface area contributed by atoms with Crippen molar-refractivity contribution in [2.24, 2.45) is 0 Å². The highest BCUT2D eigenvalue weighted by Gasteiger charge is 2.28. The number of hydrogen-bond donors (Lipinski definition) is 0. The second-order valence-electron chi connectivity index (χ2n) is 4.98. The third-order valence-corrected chi connectivity index (χ3v) is 9.83. The zero-order valence-electron chi connectivity index (χ0n) is 9.80. The first-order valence-corrected chi connectivity index (χ1v) is 13.6. The molecule has 0 bridgehead atoms. The second-order valence-corrected chi connectivity index (χ2v) is 17.8. The Bertz CT molecular complexity index is 135. The first-order valence-electron chi connectivity index (χ1n) is 4.52. The lowest BCUT2D eigenvalue weighted by Crippen LogP contribution is -2.44. The van der Waals surface area contributed by atoms with Crippen LogP contribution < -0.4 is 0 Å². The van der Waals surface area contributed by atoms with Crippen molar-refractivity contribution >= 4 is 36.6 Å². The summed E-state index contributed by atoms with van der Waals surface area (Å²) in [7, 11) is -4.03. The minimum Gasteiger partial charge on any atom is -0.428 e. The molecule has 13 heavy (non-hydrogen) atoms. The van der Waals surface area contributed by atoms with Crippen molar-refractivity contribution in [3.8, 4) is 0 Å². The molecular weight excluding hydrogens is 232 g/mol. The van der Waals surface area contributed by atoms with Crippen LogP contribution >= 0.6 is 0 Å². The van der Waals surface area contributed by atoms with Crippen LogP contribution in [0, 0.1) is 0 Å². The van der Waals surface area contributed by atoms with Crippen LogP contribution in [0.5, 0.6) is 0 Å². The predicted molar refractivity (Wildman–Crippen MR) is 67.0 cm³/mol. The lowest BCUT2D eigenvalue weighted by atomic mass is 11.8. The van der Waals surface area contributed by atoms with Gasteiger partial charge in [-0.15, -0.1) is 0 Å². The van der Waals surface area contributed by atoms with Gasteiger partial charge in [0, 0.05) is 0 Å². The summed E-state index contributed by atoms with van der Waals surface area (Å²) in [5, 5.41) is 0. The standard InChI is InChI=1S/C6H22O3Si4/c1-12(2,3)8-11(7-10)9-13(4,5)6/h11H,1-6,10H3. The lowest BCUT2D eigenvalue weighted by molar-refractivity contribution is 0.314. The van der Waals surface area contributed by atoms with Crippen LogP contribution in [0.4, 0.5) is 0 Å². The average Bonchev–Trinajstić information content (AvgIpc) is 1.79. The Kier molecular flexibility index (Phi) is 5.29. The maximum Gasteiger partial charge on any atom is 0.452 e. The van der Waals surface area contributed by atoms with Gasteiger partial charge in [0.2, 0.25) is 0 Å². The molecule has 80 valence electrons. The van der Waals surface area contributed by atoms with E-state index in [0.29, 0.717) is 10.5 Å². The molecule has 0 aliphatic heterocycles. The summed E-state index contributed by atoms with van der Waals surface area (Å²) in [5.41, 5.74) is 0. The molecule has 0 radical (unpaired) electrons. The van der Waals surface area contributed by atoms with Crippen LogP contribution in [0.2, 0.25) is 39.3 Å². The molecule has 0 aliphatic rings.